The third-order valence-electron chi connectivity index (χ3n) is 12.0. The summed E-state index contributed by atoms with van der Waals surface area (Å²) in [5.74, 6) is 1.87. The Morgan fingerprint density at radius 2 is 0.742 bits per heavy atom. The molecule has 0 bridgehead atoms. The van der Waals surface area contributed by atoms with Gasteiger partial charge >= 0.3 is 0 Å². The van der Waals surface area contributed by atoms with Gasteiger partial charge in [0.05, 0.1) is 22.1 Å². The first-order chi connectivity index (χ1) is 30.7. The van der Waals surface area contributed by atoms with Crippen molar-refractivity contribution in [1.29, 1.82) is 0 Å². The van der Waals surface area contributed by atoms with Crippen molar-refractivity contribution >= 4 is 43.6 Å². The maximum absolute atomic E-state index is 5.18. The average Bonchev–Trinajstić information content (AvgIpc) is 3.88. The molecule has 9 aromatic carbocycles. The third-order valence-corrected chi connectivity index (χ3v) is 12.0. The summed E-state index contributed by atoms with van der Waals surface area (Å²) in [7, 11) is 0. The van der Waals surface area contributed by atoms with Gasteiger partial charge in [-0.3, -0.25) is 0 Å². The summed E-state index contributed by atoms with van der Waals surface area (Å²) < 4.78 is 4.83. The van der Waals surface area contributed by atoms with E-state index in [0.29, 0.717) is 17.5 Å². The Labute approximate surface area is 358 Å². The molecule has 0 saturated carbocycles. The van der Waals surface area contributed by atoms with Crippen LogP contribution in [-0.4, -0.2) is 24.1 Å². The number of rotatable bonds is 7. The van der Waals surface area contributed by atoms with E-state index in [9.17, 15) is 0 Å². The molecular weight excluding hydrogens is 755 g/mol. The molecule has 12 aromatic rings. The minimum Gasteiger partial charge on any atom is -0.309 e. The SMILES string of the molecule is c1ccc(-c2ccc(-n3c4ccccc4c4ccc5c(c6ccccc6n5-c5cccc(-c6nc(-c7ccccc7)nc(-c7cccc(-c8ccccc8)c7)n6)c5)c43)cc2)cc1. The Hall–Kier alpha value is -8.41. The minimum atomic E-state index is 0.614. The molecule has 290 valence electrons. The van der Waals surface area contributed by atoms with E-state index in [0.717, 1.165) is 50.2 Å². The number of aromatic nitrogens is 5. The topological polar surface area (TPSA) is 48.5 Å². The van der Waals surface area contributed by atoms with Crippen LogP contribution in [0.1, 0.15) is 0 Å². The molecule has 3 heterocycles. The van der Waals surface area contributed by atoms with Crippen LogP contribution in [0.4, 0.5) is 0 Å². The van der Waals surface area contributed by atoms with Gasteiger partial charge in [0, 0.05) is 49.6 Å². The number of fused-ring (bicyclic) bond motifs is 7. The standard InChI is InChI=1S/C57H37N5/c1-4-16-38(17-5-1)40-30-32-45(33-31-40)62-50-28-12-10-26-47(50)48-34-35-52-53(54(48)62)49-27-11-13-29-51(49)61(52)46-25-15-24-44(37-46)57-59-55(41-20-8-3-9-21-41)58-56(60-57)43-23-14-22-42(36-43)39-18-6-2-7-19-39/h1-37H. The third kappa shape index (κ3) is 5.98. The molecule has 0 fully saturated rings. The highest BCUT2D eigenvalue weighted by molar-refractivity contribution is 6.26. The van der Waals surface area contributed by atoms with Crippen molar-refractivity contribution in [3.05, 3.63) is 224 Å². The monoisotopic (exact) mass is 791 g/mol. The molecule has 0 aliphatic heterocycles. The van der Waals surface area contributed by atoms with Crippen LogP contribution in [-0.2, 0) is 0 Å². The molecule has 5 nitrogen and oxygen atoms in total. The first-order valence-corrected chi connectivity index (χ1v) is 20.9. The van der Waals surface area contributed by atoms with Gasteiger partial charge in [0.2, 0.25) is 0 Å². The molecule has 0 unspecified atom stereocenters. The fourth-order valence-electron chi connectivity index (χ4n) is 9.09. The molecule has 0 N–H and O–H groups in total. The van der Waals surface area contributed by atoms with E-state index in [1.54, 1.807) is 0 Å². The fourth-order valence-corrected chi connectivity index (χ4v) is 9.09. The summed E-state index contributed by atoms with van der Waals surface area (Å²) in [4.78, 5) is 15.4. The Balaban J connectivity index is 1.05. The second-order valence-electron chi connectivity index (χ2n) is 15.6. The highest BCUT2D eigenvalue weighted by atomic mass is 15.0. The van der Waals surface area contributed by atoms with E-state index in [-0.39, 0.29) is 0 Å². The summed E-state index contributed by atoms with van der Waals surface area (Å²) in [6.07, 6.45) is 0. The highest BCUT2D eigenvalue weighted by Crippen LogP contribution is 2.42. The maximum Gasteiger partial charge on any atom is 0.164 e. The van der Waals surface area contributed by atoms with Gasteiger partial charge in [-0.05, 0) is 70.8 Å². The summed E-state index contributed by atoms with van der Waals surface area (Å²) in [5.41, 5.74) is 14.2. The molecule has 12 rings (SSSR count). The zero-order valence-corrected chi connectivity index (χ0v) is 33.6. The van der Waals surface area contributed by atoms with Crippen molar-refractivity contribution in [3.63, 3.8) is 0 Å². The Kier molecular flexibility index (Phi) is 8.42. The van der Waals surface area contributed by atoms with Gasteiger partial charge < -0.3 is 9.13 Å². The van der Waals surface area contributed by atoms with Gasteiger partial charge in [-0.1, -0.05) is 176 Å². The molecule has 62 heavy (non-hydrogen) atoms. The lowest BCUT2D eigenvalue weighted by atomic mass is 10.0. The van der Waals surface area contributed by atoms with Crippen LogP contribution in [0.25, 0.3) is 111 Å². The van der Waals surface area contributed by atoms with Crippen LogP contribution in [0, 0.1) is 0 Å². The normalized spacial score (nSPS) is 11.5. The molecule has 0 radical (unpaired) electrons. The van der Waals surface area contributed by atoms with Gasteiger partial charge in [0.25, 0.3) is 0 Å². The largest absolute Gasteiger partial charge is 0.309 e. The second-order valence-corrected chi connectivity index (χ2v) is 15.6. The molecule has 0 aliphatic rings. The van der Waals surface area contributed by atoms with Crippen LogP contribution in [0.5, 0.6) is 0 Å². The number of benzene rings is 9. The van der Waals surface area contributed by atoms with E-state index in [2.05, 4.69) is 209 Å². The van der Waals surface area contributed by atoms with Gasteiger partial charge in [-0.25, -0.2) is 15.0 Å². The van der Waals surface area contributed by atoms with Gasteiger partial charge in [-0.2, -0.15) is 0 Å². The van der Waals surface area contributed by atoms with Crippen LogP contribution in [0.3, 0.4) is 0 Å². The first kappa shape index (κ1) is 35.5. The van der Waals surface area contributed by atoms with Crippen LogP contribution < -0.4 is 0 Å². The molecule has 0 saturated heterocycles. The number of para-hydroxylation sites is 2. The van der Waals surface area contributed by atoms with Gasteiger partial charge in [0.1, 0.15) is 0 Å². The molecule has 5 heteroatoms. The average molecular weight is 792 g/mol. The quantitative estimate of drug-likeness (QED) is 0.162. The Morgan fingerprint density at radius 1 is 0.258 bits per heavy atom. The summed E-state index contributed by atoms with van der Waals surface area (Å²) in [5, 5.41) is 4.85. The maximum atomic E-state index is 5.18. The molecule has 3 aromatic heterocycles. The lowest BCUT2D eigenvalue weighted by Gasteiger charge is -2.12. The molecule has 0 aliphatic carbocycles. The second kappa shape index (κ2) is 14.7. The summed E-state index contributed by atoms with van der Waals surface area (Å²) in [6.45, 7) is 0. The number of hydrogen-bond acceptors (Lipinski definition) is 3. The fraction of sp³-hybridized carbons (Fsp3) is 0. The van der Waals surface area contributed by atoms with Crippen molar-refractivity contribution in [2.75, 3.05) is 0 Å². The predicted molar refractivity (Wildman–Crippen MR) is 256 cm³/mol. The number of hydrogen-bond donors (Lipinski definition) is 0. The Morgan fingerprint density at radius 3 is 1.42 bits per heavy atom. The van der Waals surface area contributed by atoms with Gasteiger partial charge in [-0.15, -0.1) is 0 Å². The zero-order chi connectivity index (χ0) is 41.0. The predicted octanol–water partition coefficient (Wildman–Crippen LogP) is 14.4. The first-order valence-electron chi connectivity index (χ1n) is 20.9. The van der Waals surface area contributed by atoms with E-state index in [4.69, 9.17) is 15.0 Å². The highest BCUT2D eigenvalue weighted by Gasteiger charge is 2.21. The van der Waals surface area contributed by atoms with Crippen molar-refractivity contribution in [3.8, 4) is 67.8 Å². The molecule has 0 atom stereocenters. The smallest absolute Gasteiger partial charge is 0.164 e. The van der Waals surface area contributed by atoms with E-state index in [1.807, 2.05) is 24.3 Å². The van der Waals surface area contributed by atoms with Crippen molar-refractivity contribution in [1.82, 2.24) is 24.1 Å². The van der Waals surface area contributed by atoms with Crippen LogP contribution in [0.2, 0.25) is 0 Å². The Bertz CT molecular complexity index is 3610. The van der Waals surface area contributed by atoms with E-state index in [1.165, 1.54) is 43.7 Å². The van der Waals surface area contributed by atoms with E-state index < -0.39 is 0 Å². The lowest BCUT2D eigenvalue weighted by molar-refractivity contribution is 1.07. The van der Waals surface area contributed by atoms with Crippen molar-refractivity contribution < 1.29 is 0 Å². The number of nitrogens with zero attached hydrogens (tertiary/aromatic N) is 5. The lowest BCUT2D eigenvalue weighted by Crippen LogP contribution is -2.01. The van der Waals surface area contributed by atoms with E-state index >= 15 is 0 Å². The minimum absolute atomic E-state index is 0.614. The summed E-state index contributed by atoms with van der Waals surface area (Å²) >= 11 is 0. The molecule has 0 spiro atoms. The van der Waals surface area contributed by atoms with Crippen molar-refractivity contribution in [2.45, 2.75) is 0 Å². The van der Waals surface area contributed by atoms with Crippen molar-refractivity contribution in [2.24, 2.45) is 0 Å². The van der Waals surface area contributed by atoms with Crippen LogP contribution in [0.15, 0.2) is 224 Å². The van der Waals surface area contributed by atoms with Crippen LogP contribution >= 0.6 is 0 Å². The van der Waals surface area contributed by atoms with Gasteiger partial charge in [0.15, 0.2) is 17.5 Å². The summed E-state index contributed by atoms with van der Waals surface area (Å²) in [6, 6.07) is 79.2. The zero-order valence-electron chi connectivity index (χ0n) is 33.6. The molecular formula is C57H37N5. The molecule has 0 amide bonds.